The van der Waals surface area contributed by atoms with Gasteiger partial charge in [-0.1, -0.05) is 23.8 Å². The maximum atomic E-state index is 12.4. The largest absolute Gasteiger partial charge is 0.366 e. The first kappa shape index (κ1) is 21.1. The lowest BCUT2D eigenvalue weighted by Gasteiger charge is -2.09. The third-order valence-electron chi connectivity index (χ3n) is 4.20. The first-order valence-corrected chi connectivity index (χ1v) is 10.2. The molecule has 152 valence electrons. The van der Waals surface area contributed by atoms with Crippen molar-refractivity contribution in [2.75, 3.05) is 16.4 Å². The van der Waals surface area contributed by atoms with E-state index in [0.29, 0.717) is 22.5 Å². The van der Waals surface area contributed by atoms with E-state index in [0.717, 1.165) is 10.5 Å². The van der Waals surface area contributed by atoms with E-state index < -0.39 is 5.91 Å². The van der Waals surface area contributed by atoms with Crippen LogP contribution in [0.4, 0.5) is 11.4 Å². The molecule has 0 bridgehead atoms. The maximum Gasteiger partial charge on any atom is 0.255 e. The summed E-state index contributed by atoms with van der Waals surface area (Å²) in [5, 5.41) is 5.65. The number of anilines is 2. The van der Waals surface area contributed by atoms with E-state index in [4.69, 9.17) is 5.73 Å². The van der Waals surface area contributed by atoms with Crippen molar-refractivity contribution in [3.63, 3.8) is 0 Å². The summed E-state index contributed by atoms with van der Waals surface area (Å²) in [5.41, 5.74) is 8.44. The number of nitrogens with one attached hydrogen (secondary N) is 2. The number of hydrogen-bond donors (Lipinski definition) is 3. The Labute approximate surface area is 178 Å². The molecular weight excluding hydrogens is 398 g/mol. The Kier molecular flexibility index (Phi) is 6.87. The fraction of sp³-hybridized carbons (Fsp3) is 0.0870. The second kappa shape index (κ2) is 9.76. The third kappa shape index (κ3) is 5.96. The highest BCUT2D eigenvalue weighted by molar-refractivity contribution is 8.00. The Morgan fingerprint density at radius 2 is 1.57 bits per heavy atom. The van der Waals surface area contributed by atoms with Gasteiger partial charge in [-0.15, -0.1) is 11.8 Å². The molecule has 3 rings (SSSR count). The Morgan fingerprint density at radius 3 is 2.27 bits per heavy atom. The average molecular weight is 420 g/mol. The molecule has 0 spiro atoms. The van der Waals surface area contributed by atoms with Crippen molar-refractivity contribution < 1.29 is 14.4 Å². The Bertz CT molecular complexity index is 1080. The molecule has 0 aliphatic heterocycles. The SMILES string of the molecule is Cc1cccc(C(=O)Nc2cccc(SCC(=O)Nc3ccc(C(N)=O)cc3)c2)c1. The molecule has 0 aromatic heterocycles. The van der Waals surface area contributed by atoms with Gasteiger partial charge in [-0.3, -0.25) is 14.4 Å². The molecule has 0 aliphatic carbocycles. The van der Waals surface area contributed by atoms with Crippen molar-refractivity contribution in [3.05, 3.63) is 89.5 Å². The minimum Gasteiger partial charge on any atom is -0.366 e. The average Bonchev–Trinajstić information content (AvgIpc) is 2.73. The van der Waals surface area contributed by atoms with E-state index in [1.165, 1.54) is 11.8 Å². The molecule has 4 N–H and O–H groups in total. The van der Waals surface area contributed by atoms with E-state index in [-0.39, 0.29) is 17.6 Å². The Balaban J connectivity index is 1.55. The number of primary amides is 1. The summed E-state index contributed by atoms with van der Waals surface area (Å²) in [5.74, 6) is -0.677. The third-order valence-corrected chi connectivity index (χ3v) is 5.19. The van der Waals surface area contributed by atoms with Gasteiger partial charge in [-0.05, 0) is 61.5 Å². The van der Waals surface area contributed by atoms with Crippen molar-refractivity contribution in [3.8, 4) is 0 Å². The van der Waals surface area contributed by atoms with Crippen molar-refractivity contribution >= 4 is 40.9 Å². The van der Waals surface area contributed by atoms with Crippen LogP contribution < -0.4 is 16.4 Å². The number of aryl methyl sites for hydroxylation is 1. The van der Waals surface area contributed by atoms with Crippen LogP contribution in [0.1, 0.15) is 26.3 Å². The second-order valence-corrected chi connectivity index (χ2v) is 7.68. The number of carbonyl (C=O) groups excluding carboxylic acids is 3. The highest BCUT2D eigenvalue weighted by Crippen LogP contribution is 2.22. The number of thioether (sulfide) groups is 1. The van der Waals surface area contributed by atoms with Crippen LogP contribution in [0.15, 0.2) is 77.7 Å². The molecule has 0 heterocycles. The van der Waals surface area contributed by atoms with Crippen LogP contribution in [0.3, 0.4) is 0 Å². The number of nitrogens with two attached hydrogens (primary N) is 1. The van der Waals surface area contributed by atoms with Gasteiger partial charge in [-0.25, -0.2) is 0 Å². The predicted molar refractivity (Wildman–Crippen MR) is 120 cm³/mol. The van der Waals surface area contributed by atoms with Crippen LogP contribution in [0.25, 0.3) is 0 Å². The number of benzene rings is 3. The Hall–Kier alpha value is -3.58. The molecule has 0 radical (unpaired) electrons. The van der Waals surface area contributed by atoms with Crippen LogP contribution in [0.5, 0.6) is 0 Å². The van der Waals surface area contributed by atoms with E-state index in [9.17, 15) is 14.4 Å². The van der Waals surface area contributed by atoms with E-state index in [1.54, 1.807) is 36.4 Å². The number of amides is 3. The zero-order valence-electron chi connectivity index (χ0n) is 16.3. The summed E-state index contributed by atoms with van der Waals surface area (Å²) in [6, 6.07) is 21.1. The van der Waals surface area contributed by atoms with Crippen LogP contribution in [0, 0.1) is 6.92 Å². The van der Waals surface area contributed by atoms with Crippen LogP contribution in [0.2, 0.25) is 0 Å². The molecule has 6 nitrogen and oxygen atoms in total. The lowest BCUT2D eigenvalue weighted by molar-refractivity contribution is -0.113. The van der Waals surface area contributed by atoms with Crippen LogP contribution in [-0.2, 0) is 4.79 Å². The number of carbonyl (C=O) groups is 3. The summed E-state index contributed by atoms with van der Waals surface area (Å²) >= 11 is 1.36. The molecular formula is C23H21N3O3S. The van der Waals surface area contributed by atoms with Gasteiger partial charge < -0.3 is 16.4 Å². The van der Waals surface area contributed by atoms with E-state index in [2.05, 4.69) is 10.6 Å². The monoisotopic (exact) mass is 419 g/mol. The van der Waals surface area contributed by atoms with Gasteiger partial charge in [0.2, 0.25) is 11.8 Å². The van der Waals surface area contributed by atoms with Gasteiger partial charge in [0.05, 0.1) is 5.75 Å². The topological polar surface area (TPSA) is 101 Å². The summed E-state index contributed by atoms with van der Waals surface area (Å²) in [6.07, 6.45) is 0. The zero-order chi connectivity index (χ0) is 21.5. The minimum absolute atomic E-state index is 0.180. The first-order chi connectivity index (χ1) is 14.4. The fourth-order valence-electron chi connectivity index (χ4n) is 2.72. The lowest BCUT2D eigenvalue weighted by atomic mass is 10.1. The minimum atomic E-state index is -0.516. The lowest BCUT2D eigenvalue weighted by Crippen LogP contribution is -2.15. The normalized spacial score (nSPS) is 10.3. The van der Waals surface area contributed by atoms with Crippen molar-refractivity contribution in [1.29, 1.82) is 0 Å². The maximum absolute atomic E-state index is 12.4. The van der Waals surface area contributed by atoms with Crippen molar-refractivity contribution in [1.82, 2.24) is 0 Å². The second-order valence-electron chi connectivity index (χ2n) is 6.63. The Morgan fingerprint density at radius 1 is 0.833 bits per heavy atom. The van der Waals surface area contributed by atoms with Gasteiger partial charge >= 0.3 is 0 Å². The van der Waals surface area contributed by atoms with E-state index >= 15 is 0 Å². The molecule has 0 aliphatic rings. The molecule has 0 unspecified atom stereocenters. The fourth-order valence-corrected chi connectivity index (χ4v) is 3.47. The molecule has 0 saturated carbocycles. The molecule has 3 aromatic rings. The zero-order valence-corrected chi connectivity index (χ0v) is 17.2. The molecule has 0 saturated heterocycles. The van der Waals surface area contributed by atoms with Gasteiger partial charge in [0.25, 0.3) is 5.91 Å². The molecule has 30 heavy (non-hydrogen) atoms. The number of rotatable bonds is 7. The molecule has 0 atom stereocenters. The summed E-state index contributed by atoms with van der Waals surface area (Å²) in [6.45, 7) is 1.94. The predicted octanol–water partition coefficient (Wildman–Crippen LogP) is 4.08. The molecule has 0 fully saturated rings. The molecule has 3 amide bonds. The highest BCUT2D eigenvalue weighted by atomic mass is 32.2. The summed E-state index contributed by atoms with van der Waals surface area (Å²) in [4.78, 5) is 36.5. The van der Waals surface area contributed by atoms with Gasteiger partial charge in [-0.2, -0.15) is 0 Å². The summed E-state index contributed by atoms with van der Waals surface area (Å²) in [7, 11) is 0. The number of hydrogen-bond acceptors (Lipinski definition) is 4. The first-order valence-electron chi connectivity index (χ1n) is 9.21. The quantitative estimate of drug-likeness (QED) is 0.502. The van der Waals surface area contributed by atoms with Crippen LogP contribution >= 0.6 is 11.8 Å². The molecule has 3 aromatic carbocycles. The van der Waals surface area contributed by atoms with Crippen molar-refractivity contribution in [2.24, 2.45) is 5.73 Å². The van der Waals surface area contributed by atoms with Gasteiger partial charge in [0, 0.05) is 27.4 Å². The van der Waals surface area contributed by atoms with Crippen molar-refractivity contribution in [2.45, 2.75) is 11.8 Å². The molecule has 7 heteroatoms. The smallest absolute Gasteiger partial charge is 0.255 e. The van der Waals surface area contributed by atoms with Gasteiger partial charge in [0.15, 0.2) is 0 Å². The van der Waals surface area contributed by atoms with Gasteiger partial charge in [0.1, 0.15) is 0 Å². The standard InChI is InChI=1S/C23H21N3O3S/c1-15-4-2-5-17(12-15)23(29)26-19-6-3-7-20(13-19)30-14-21(27)25-18-10-8-16(9-11-18)22(24)28/h2-13H,14H2,1H3,(H2,24,28)(H,25,27)(H,26,29). The van der Waals surface area contributed by atoms with Crippen LogP contribution in [-0.4, -0.2) is 23.5 Å². The summed E-state index contributed by atoms with van der Waals surface area (Å²) < 4.78 is 0. The van der Waals surface area contributed by atoms with E-state index in [1.807, 2.05) is 43.3 Å². The highest BCUT2D eigenvalue weighted by Gasteiger charge is 2.08.